The fraction of sp³-hybridized carbons (Fsp3) is 0.158. The average molecular weight is 322 g/mol. The molecule has 3 rings (SSSR count). The van der Waals surface area contributed by atoms with Crippen LogP contribution in [0, 0.1) is 0 Å². The molecule has 0 spiro atoms. The predicted octanol–water partition coefficient (Wildman–Crippen LogP) is 3.85. The van der Waals surface area contributed by atoms with E-state index in [0.29, 0.717) is 17.9 Å². The van der Waals surface area contributed by atoms with Gasteiger partial charge in [0.1, 0.15) is 0 Å². The molecule has 0 saturated carbocycles. The quantitative estimate of drug-likeness (QED) is 0.748. The molecule has 122 valence electrons. The lowest BCUT2D eigenvalue weighted by Crippen LogP contribution is -2.20. The number of aromatic nitrogens is 1. The normalized spacial score (nSPS) is 10.7. The number of benzene rings is 2. The van der Waals surface area contributed by atoms with Crippen molar-refractivity contribution in [1.82, 2.24) is 4.57 Å². The van der Waals surface area contributed by atoms with Crippen LogP contribution in [0.5, 0.6) is 0 Å². The molecule has 0 amide bonds. The highest BCUT2D eigenvalue weighted by molar-refractivity contribution is 5.98. The van der Waals surface area contributed by atoms with Crippen LogP contribution in [0.15, 0.2) is 59.4 Å². The van der Waals surface area contributed by atoms with Gasteiger partial charge in [-0.2, -0.15) is 0 Å². The number of anilines is 2. The SMILES string of the molecule is CCCn1c(=O)cc(Nc2ccccc2C(=O)O)c2ccccc21. The monoisotopic (exact) mass is 322 g/mol. The summed E-state index contributed by atoms with van der Waals surface area (Å²) in [5.41, 5.74) is 1.96. The molecule has 1 aromatic heterocycles. The van der Waals surface area contributed by atoms with Gasteiger partial charge in [0.15, 0.2) is 0 Å². The van der Waals surface area contributed by atoms with E-state index in [9.17, 15) is 14.7 Å². The van der Waals surface area contributed by atoms with Crippen molar-refractivity contribution in [2.75, 3.05) is 5.32 Å². The van der Waals surface area contributed by atoms with Gasteiger partial charge in [-0.05, 0) is 24.6 Å². The smallest absolute Gasteiger partial charge is 0.337 e. The van der Waals surface area contributed by atoms with Crippen LogP contribution in [-0.4, -0.2) is 15.6 Å². The maximum Gasteiger partial charge on any atom is 0.337 e. The van der Waals surface area contributed by atoms with Crippen LogP contribution in [0.4, 0.5) is 11.4 Å². The number of hydrogen-bond acceptors (Lipinski definition) is 3. The van der Waals surface area contributed by atoms with Gasteiger partial charge in [0, 0.05) is 18.0 Å². The lowest BCUT2D eigenvalue weighted by molar-refractivity contribution is 0.0698. The molecule has 0 saturated heterocycles. The summed E-state index contributed by atoms with van der Waals surface area (Å²) in [5.74, 6) is -1.01. The zero-order valence-electron chi connectivity index (χ0n) is 13.3. The molecule has 5 heteroatoms. The second kappa shape index (κ2) is 6.58. The number of para-hydroxylation sites is 2. The Balaban J connectivity index is 2.17. The number of carboxylic acids is 1. The van der Waals surface area contributed by atoms with E-state index in [4.69, 9.17) is 0 Å². The summed E-state index contributed by atoms with van der Waals surface area (Å²) >= 11 is 0. The van der Waals surface area contributed by atoms with Gasteiger partial charge < -0.3 is 15.0 Å². The third kappa shape index (κ3) is 2.88. The number of hydrogen-bond donors (Lipinski definition) is 2. The summed E-state index contributed by atoms with van der Waals surface area (Å²) in [6, 6.07) is 15.8. The zero-order valence-corrected chi connectivity index (χ0v) is 13.3. The van der Waals surface area contributed by atoms with Crippen molar-refractivity contribution in [3.63, 3.8) is 0 Å². The molecular weight excluding hydrogens is 304 g/mol. The standard InChI is InChI=1S/C19H18N2O3/c1-2-11-21-17-10-6-4-7-13(17)16(12-18(21)22)20-15-9-5-3-8-14(15)19(23)24/h3-10,12,20H,2,11H2,1H3,(H,23,24). The first-order valence-corrected chi connectivity index (χ1v) is 7.83. The van der Waals surface area contributed by atoms with Crippen LogP contribution in [0.2, 0.25) is 0 Å². The largest absolute Gasteiger partial charge is 0.478 e. The minimum Gasteiger partial charge on any atom is -0.478 e. The Kier molecular flexibility index (Phi) is 4.33. The molecule has 0 aliphatic heterocycles. The van der Waals surface area contributed by atoms with Crippen molar-refractivity contribution in [3.8, 4) is 0 Å². The lowest BCUT2D eigenvalue weighted by Gasteiger charge is -2.15. The Morgan fingerprint density at radius 2 is 1.79 bits per heavy atom. The summed E-state index contributed by atoms with van der Waals surface area (Å²) in [5, 5.41) is 13.3. The molecule has 5 nitrogen and oxygen atoms in total. The van der Waals surface area contributed by atoms with E-state index in [-0.39, 0.29) is 11.1 Å². The van der Waals surface area contributed by atoms with Gasteiger partial charge in [-0.15, -0.1) is 0 Å². The van der Waals surface area contributed by atoms with Crippen molar-refractivity contribution in [2.24, 2.45) is 0 Å². The van der Waals surface area contributed by atoms with Gasteiger partial charge in [-0.1, -0.05) is 37.3 Å². The van der Waals surface area contributed by atoms with E-state index in [2.05, 4.69) is 5.32 Å². The van der Waals surface area contributed by atoms with E-state index >= 15 is 0 Å². The summed E-state index contributed by atoms with van der Waals surface area (Å²) in [6.07, 6.45) is 0.860. The maximum atomic E-state index is 12.5. The summed E-state index contributed by atoms with van der Waals surface area (Å²) in [7, 11) is 0. The number of aromatic carboxylic acids is 1. The Morgan fingerprint density at radius 1 is 1.08 bits per heavy atom. The molecule has 0 atom stereocenters. The van der Waals surface area contributed by atoms with Crippen LogP contribution < -0.4 is 10.9 Å². The highest BCUT2D eigenvalue weighted by atomic mass is 16.4. The van der Waals surface area contributed by atoms with Crippen LogP contribution in [0.1, 0.15) is 23.7 Å². The van der Waals surface area contributed by atoms with Gasteiger partial charge >= 0.3 is 5.97 Å². The van der Waals surface area contributed by atoms with E-state index in [1.165, 1.54) is 12.1 Å². The first-order chi connectivity index (χ1) is 11.6. The van der Waals surface area contributed by atoms with Gasteiger partial charge in [0.25, 0.3) is 5.56 Å². The van der Waals surface area contributed by atoms with Gasteiger partial charge in [-0.3, -0.25) is 4.79 Å². The van der Waals surface area contributed by atoms with Crippen molar-refractivity contribution < 1.29 is 9.90 Å². The minimum atomic E-state index is -1.01. The van der Waals surface area contributed by atoms with Crippen LogP contribution >= 0.6 is 0 Å². The van der Waals surface area contributed by atoms with Gasteiger partial charge in [-0.25, -0.2) is 4.79 Å². The fourth-order valence-electron chi connectivity index (χ4n) is 2.82. The number of carbonyl (C=O) groups is 1. The number of nitrogens with one attached hydrogen (secondary N) is 1. The number of aryl methyl sites for hydroxylation is 1. The Labute approximate surface area is 139 Å². The molecule has 0 fully saturated rings. The summed E-state index contributed by atoms with van der Waals surface area (Å²) < 4.78 is 1.74. The molecule has 0 bridgehead atoms. The predicted molar refractivity (Wildman–Crippen MR) is 95.2 cm³/mol. The number of pyridine rings is 1. The Hall–Kier alpha value is -3.08. The van der Waals surface area contributed by atoms with E-state index in [1.54, 1.807) is 22.8 Å². The molecule has 0 unspecified atom stereocenters. The number of carboxylic acid groups (broad SMARTS) is 1. The van der Waals surface area contributed by atoms with Crippen LogP contribution in [-0.2, 0) is 6.54 Å². The highest BCUT2D eigenvalue weighted by Gasteiger charge is 2.12. The summed E-state index contributed by atoms with van der Waals surface area (Å²) in [4.78, 5) is 23.8. The molecule has 3 aromatic rings. The highest BCUT2D eigenvalue weighted by Crippen LogP contribution is 2.27. The zero-order chi connectivity index (χ0) is 17.1. The molecular formula is C19H18N2O3. The van der Waals surface area contributed by atoms with Gasteiger partial charge in [0.2, 0.25) is 0 Å². The fourth-order valence-corrected chi connectivity index (χ4v) is 2.82. The third-order valence-electron chi connectivity index (χ3n) is 3.89. The molecule has 2 aromatic carbocycles. The minimum absolute atomic E-state index is 0.106. The van der Waals surface area contributed by atoms with Gasteiger partial charge in [0.05, 0.1) is 22.5 Å². The van der Waals surface area contributed by atoms with Crippen LogP contribution in [0.25, 0.3) is 10.9 Å². The van der Waals surface area contributed by atoms with E-state index in [1.807, 2.05) is 31.2 Å². The molecule has 0 aliphatic carbocycles. The average Bonchev–Trinajstić information content (AvgIpc) is 2.58. The lowest BCUT2D eigenvalue weighted by atomic mass is 10.1. The molecule has 0 aliphatic rings. The third-order valence-corrected chi connectivity index (χ3v) is 3.89. The van der Waals surface area contributed by atoms with Crippen molar-refractivity contribution in [2.45, 2.75) is 19.9 Å². The molecule has 0 radical (unpaired) electrons. The molecule has 24 heavy (non-hydrogen) atoms. The number of rotatable bonds is 5. The molecule has 2 N–H and O–H groups in total. The second-order valence-electron chi connectivity index (χ2n) is 5.54. The molecule has 1 heterocycles. The second-order valence-corrected chi connectivity index (χ2v) is 5.54. The first kappa shape index (κ1) is 15.8. The van der Waals surface area contributed by atoms with Crippen LogP contribution in [0.3, 0.4) is 0 Å². The number of fused-ring (bicyclic) bond motifs is 1. The topological polar surface area (TPSA) is 71.3 Å². The van der Waals surface area contributed by atoms with E-state index < -0.39 is 5.97 Å². The number of nitrogens with zero attached hydrogens (tertiary/aromatic N) is 1. The van der Waals surface area contributed by atoms with Crippen molar-refractivity contribution in [1.29, 1.82) is 0 Å². The Morgan fingerprint density at radius 3 is 2.54 bits per heavy atom. The first-order valence-electron chi connectivity index (χ1n) is 7.83. The van der Waals surface area contributed by atoms with Crippen molar-refractivity contribution in [3.05, 3.63) is 70.5 Å². The van der Waals surface area contributed by atoms with Crippen molar-refractivity contribution >= 4 is 28.2 Å². The Bertz CT molecular complexity index is 960. The van der Waals surface area contributed by atoms with E-state index in [0.717, 1.165) is 17.3 Å². The maximum absolute atomic E-state index is 12.5. The summed E-state index contributed by atoms with van der Waals surface area (Å²) in [6.45, 7) is 2.67.